The smallest absolute Gasteiger partial charge is 0.165 e. The van der Waals surface area contributed by atoms with Crippen LogP contribution >= 0.6 is 0 Å². The molecule has 4 aromatic rings. The van der Waals surface area contributed by atoms with E-state index in [0.29, 0.717) is 39.5 Å². The zero-order valence-electron chi connectivity index (χ0n) is 27.0. The Bertz CT molecular complexity index is 1660. The molecule has 12 heteroatoms. The van der Waals surface area contributed by atoms with E-state index in [1.807, 2.05) is 35.1 Å². The van der Waals surface area contributed by atoms with Gasteiger partial charge in [-0.05, 0) is 37.1 Å². The third-order valence-corrected chi connectivity index (χ3v) is 13.3. The largest absolute Gasteiger partial charge is 0.361 e. The fourth-order valence-electron chi connectivity index (χ4n) is 5.28. The molecule has 44 heavy (non-hydrogen) atoms. The van der Waals surface area contributed by atoms with Crippen LogP contribution in [0, 0.1) is 0 Å². The molecule has 1 aliphatic heterocycles. The van der Waals surface area contributed by atoms with E-state index < -0.39 is 26.0 Å². The van der Waals surface area contributed by atoms with Crippen LogP contribution in [-0.4, -0.2) is 82.3 Å². The maximum Gasteiger partial charge on any atom is 0.165 e. The second kappa shape index (κ2) is 13.4. The van der Waals surface area contributed by atoms with E-state index in [1.165, 1.54) is 0 Å². The van der Waals surface area contributed by atoms with Crippen molar-refractivity contribution in [2.24, 2.45) is 0 Å². The van der Waals surface area contributed by atoms with Gasteiger partial charge in [-0.2, -0.15) is 9.61 Å². The summed E-state index contributed by atoms with van der Waals surface area (Å²) in [6.45, 7) is 16.2. The molecule has 0 bridgehead atoms. The van der Waals surface area contributed by atoms with Crippen LogP contribution in [0.4, 0.5) is 5.82 Å². The van der Waals surface area contributed by atoms with Gasteiger partial charge in [0.15, 0.2) is 5.65 Å². The molecule has 1 aliphatic rings. The molecule has 0 radical (unpaired) electrons. The minimum absolute atomic E-state index is 0.0437. The molecule has 5 rings (SSSR count). The van der Waals surface area contributed by atoms with Crippen LogP contribution in [0.5, 0.6) is 0 Å². The van der Waals surface area contributed by atoms with Crippen LogP contribution in [0.3, 0.4) is 0 Å². The molecule has 0 atom stereocenters. The maximum absolute atomic E-state index is 12.3. The van der Waals surface area contributed by atoms with Crippen molar-refractivity contribution in [2.45, 2.75) is 70.1 Å². The Hall–Kier alpha value is -2.65. The van der Waals surface area contributed by atoms with Crippen LogP contribution in [0.25, 0.3) is 27.7 Å². The van der Waals surface area contributed by atoms with Gasteiger partial charge >= 0.3 is 0 Å². The number of pyridine rings is 1. The van der Waals surface area contributed by atoms with E-state index in [4.69, 9.17) is 24.5 Å². The van der Waals surface area contributed by atoms with Crippen molar-refractivity contribution >= 4 is 48.4 Å². The van der Waals surface area contributed by atoms with Crippen molar-refractivity contribution in [3.63, 3.8) is 0 Å². The van der Waals surface area contributed by atoms with Gasteiger partial charge in [-0.1, -0.05) is 57.5 Å². The van der Waals surface area contributed by atoms with Gasteiger partial charge in [-0.15, -0.1) is 0 Å². The van der Waals surface area contributed by atoms with Gasteiger partial charge in [0.1, 0.15) is 29.1 Å². The molecular weight excluding hydrogens is 607 g/mol. The highest BCUT2D eigenvalue weighted by atomic mass is 32.2. The van der Waals surface area contributed by atoms with Gasteiger partial charge in [-0.25, -0.2) is 13.4 Å². The lowest BCUT2D eigenvalue weighted by atomic mass is 9.98. The quantitative estimate of drug-likeness (QED) is 0.0897. The molecule has 1 aromatic carbocycles. The van der Waals surface area contributed by atoms with Crippen LogP contribution in [0.15, 0.2) is 48.8 Å². The molecule has 1 fully saturated rings. The summed E-state index contributed by atoms with van der Waals surface area (Å²) in [4.78, 5) is 11.9. The van der Waals surface area contributed by atoms with Crippen molar-refractivity contribution in [1.29, 1.82) is 0 Å². The number of fused-ring (bicyclic) bond motifs is 2. The van der Waals surface area contributed by atoms with E-state index in [9.17, 15) is 8.42 Å². The lowest BCUT2D eigenvalue weighted by Crippen LogP contribution is -2.33. The molecule has 0 amide bonds. The Morgan fingerprint density at radius 1 is 0.909 bits per heavy atom. The van der Waals surface area contributed by atoms with Crippen LogP contribution in [0.1, 0.15) is 24.5 Å². The second-order valence-electron chi connectivity index (χ2n) is 14.4. The number of para-hydroxylation sites is 1. The lowest BCUT2D eigenvalue weighted by molar-refractivity contribution is 0.0942. The highest BCUT2D eigenvalue weighted by molar-refractivity contribution is 7.91. The summed E-state index contributed by atoms with van der Waals surface area (Å²) >= 11 is 0. The van der Waals surface area contributed by atoms with E-state index in [0.717, 1.165) is 51.3 Å². The highest BCUT2D eigenvalue weighted by Gasteiger charge is 2.28. The Labute approximate surface area is 263 Å². The van der Waals surface area contributed by atoms with E-state index in [1.54, 1.807) is 0 Å². The van der Waals surface area contributed by atoms with E-state index in [-0.39, 0.29) is 17.4 Å². The molecule has 9 nitrogen and oxygen atoms in total. The number of anilines is 1. The van der Waals surface area contributed by atoms with Gasteiger partial charge in [0, 0.05) is 69.7 Å². The normalized spacial score (nSPS) is 16.1. The van der Waals surface area contributed by atoms with Gasteiger partial charge in [-0.3, -0.25) is 4.98 Å². The zero-order chi connectivity index (χ0) is 31.5. The Morgan fingerprint density at radius 3 is 2.18 bits per heavy atom. The fraction of sp³-hybridized carbons (Fsp3) is 0.531. The average Bonchev–Trinajstić information content (AvgIpc) is 3.39. The fourth-order valence-corrected chi connectivity index (χ4v) is 8.29. The topological polar surface area (TPSA) is 98.9 Å². The number of hydrogen-bond donors (Lipinski definition) is 0. The number of rotatable bonds is 13. The summed E-state index contributed by atoms with van der Waals surface area (Å²) in [5, 5.41) is 5.88. The first-order valence-corrected chi connectivity index (χ1v) is 24.9. The van der Waals surface area contributed by atoms with Crippen molar-refractivity contribution in [3.05, 3.63) is 54.5 Å². The third kappa shape index (κ3) is 8.54. The van der Waals surface area contributed by atoms with Gasteiger partial charge in [0.2, 0.25) is 0 Å². The molecular formula is C32H47N5O4SSi2. The van der Waals surface area contributed by atoms with E-state index in [2.05, 4.69) is 62.4 Å². The van der Waals surface area contributed by atoms with Crippen molar-refractivity contribution in [1.82, 2.24) is 19.6 Å². The van der Waals surface area contributed by atoms with E-state index >= 15 is 0 Å². The summed E-state index contributed by atoms with van der Waals surface area (Å²) in [6.07, 6.45) is 4.84. The van der Waals surface area contributed by atoms with Crippen LogP contribution in [0.2, 0.25) is 51.4 Å². The van der Waals surface area contributed by atoms with Crippen molar-refractivity contribution in [3.8, 4) is 11.1 Å². The number of ether oxygens (including phenoxy) is 2. The molecule has 0 saturated carbocycles. The highest BCUT2D eigenvalue weighted by Crippen LogP contribution is 2.34. The standard InChI is InChI=1S/C32H47N5O4SSi2/c1-43(2,3)17-13-40-23-36(24-41-14-18-44(4,5)6)31-20-30(25-11-15-42(38,39)16-12-25)35-32-28(22-34-37(31)32)27-19-26-9-7-8-10-29(26)33-21-27/h7-10,19-22,25H,11-18,23-24H2,1-6H3. The monoisotopic (exact) mass is 653 g/mol. The Kier molecular flexibility index (Phi) is 9.95. The van der Waals surface area contributed by atoms with Crippen molar-refractivity contribution < 1.29 is 17.9 Å². The van der Waals surface area contributed by atoms with Crippen LogP contribution in [-0.2, 0) is 19.3 Å². The molecule has 3 aromatic heterocycles. The second-order valence-corrected chi connectivity index (χ2v) is 28.0. The number of sulfone groups is 1. The minimum atomic E-state index is -3.01. The summed E-state index contributed by atoms with van der Waals surface area (Å²) < 4.78 is 39.0. The first kappa shape index (κ1) is 32.7. The summed E-state index contributed by atoms with van der Waals surface area (Å²) in [5.74, 6) is 1.25. The predicted molar refractivity (Wildman–Crippen MR) is 185 cm³/mol. The first-order valence-electron chi connectivity index (χ1n) is 15.6. The Balaban J connectivity index is 1.54. The van der Waals surface area contributed by atoms with Gasteiger partial charge in [0.25, 0.3) is 0 Å². The number of benzene rings is 1. The molecule has 0 spiro atoms. The number of nitrogens with zero attached hydrogens (tertiary/aromatic N) is 5. The molecule has 238 valence electrons. The molecule has 0 unspecified atom stereocenters. The first-order chi connectivity index (χ1) is 20.8. The van der Waals surface area contributed by atoms with Gasteiger partial charge in [0.05, 0.1) is 23.2 Å². The molecule has 4 heterocycles. The summed E-state index contributed by atoms with van der Waals surface area (Å²) in [7, 11) is -5.51. The van der Waals surface area contributed by atoms with Crippen LogP contribution < -0.4 is 4.90 Å². The Morgan fingerprint density at radius 2 is 1.55 bits per heavy atom. The van der Waals surface area contributed by atoms with Crippen molar-refractivity contribution in [2.75, 3.05) is 43.1 Å². The molecule has 0 N–H and O–H groups in total. The lowest BCUT2D eigenvalue weighted by Gasteiger charge is -2.28. The van der Waals surface area contributed by atoms with Gasteiger partial charge < -0.3 is 14.4 Å². The predicted octanol–water partition coefficient (Wildman–Crippen LogP) is 6.67. The maximum atomic E-state index is 12.3. The third-order valence-electron chi connectivity index (χ3n) is 8.16. The summed E-state index contributed by atoms with van der Waals surface area (Å²) in [5.41, 5.74) is 4.35. The summed E-state index contributed by atoms with van der Waals surface area (Å²) in [6, 6.07) is 14.4. The SMILES string of the molecule is C[Si](C)(C)CCOCN(COCC[Si](C)(C)C)c1cc(C2CCS(=O)(=O)CC2)nc2c(-c3cnc4ccccc4c3)cnn12. The minimum Gasteiger partial charge on any atom is -0.361 e. The molecule has 0 aliphatic carbocycles. The number of hydrogen-bond acceptors (Lipinski definition) is 8. The zero-order valence-corrected chi connectivity index (χ0v) is 29.9. The average molecular weight is 654 g/mol. The molecule has 1 saturated heterocycles. The number of aromatic nitrogens is 4.